The van der Waals surface area contributed by atoms with Crippen LogP contribution >= 0.6 is 0 Å². The smallest absolute Gasteiger partial charge is 0.319 e. The second-order valence-corrected chi connectivity index (χ2v) is 8.24. The lowest BCUT2D eigenvalue weighted by molar-refractivity contribution is -0.115. The zero-order chi connectivity index (χ0) is 23.0. The number of anilines is 3. The lowest BCUT2D eigenvalue weighted by Crippen LogP contribution is -2.35. The highest BCUT2D eigenvalue weighted by molar-refractivity contribution is 7.92. The molecule has 32 heavy (non-hydrogen) atoms. The van der Waals surface area contributed by atoms with Gasteiger partial charge in [-0.2, -0.15) is 0 Å². The summed E-state index contributed by atoms with van der Waals surface area (Å²) >= 11 is 0. The number of methoxy groups -OCH3 is 1. The van der Waals surface area contributed by atoms with Crippen molar-refractivity contribution >= 4 is 39.0 Å². The molecule has 3 aromatic carbocycles. The van der Waals surface area contributed by atoms with E-state index < -0.39 is 22.0 Å². The third kappa shape index (κ3) is 6.22. The third-order valence-electron chi connectivity index (χ3n) is 4.22. The second kappa shape index (κ2) is 10.3. The zero-order valence-electron chi connectivity index (χ0n) is 17.2. The molecule has 0 bridgehead atoms. The summed E-state index contributed by atoms with van der Waals surface area (Å²) in [5.74, 6) is -0.138. The van der Waals surface area contributed by atoms with Crippen LogP contribution in [0.4, 0.5) is 21.9 Å². The number of carbonyl (C=O) groups excluding carboxylic acids is 2. The Kier molecular flexibility index (Phi) is 7.29. The number of carbonyl (C=O) groups is 2. The average Bonchev–Trinajstić information content (AvgIpc) is 2.79. The Morgan fingerprint density at radius 2 is 1.53 bits per heavy atom. The first-order valence-electron chi connectivity index (χ1n) is 9.53. The normalized spacial score (nSPS) is 10.7. The molecule has 3 amide bonds. The Morgan fingerprint density at radius 3 is 2.28 bits per heavy atom. The molecule has 0 spiro atoms. The van der Waals surface area contributed by atoms with Crippen molar-refractivity contribution in [3.63, 3.8) is 0 Å². The fourth-order valence-corrected chi connectivity index (χ4v) is 3.85. The molecule has 9 nitrogen and oxygen atoms in total. The van der Waals surface area contributed by atoms with Gasteiger partial charge in [-0.3, -0.25) is 9.52 Å². The minimum Gasteiger partial charge on any atom is -0.495 e. The number of urea groups is 1. The van der Waals surface area contributed by atoms with E-state index >= 15 is 0 Å². The number of nitrogens with one attached hydrogen (secondary N) is 4. The average molecular weight is 455 g/mol. The largest absolute Gasteiger partial charge is 0.495 e. The molecule has 166 valence electrons. The number of hydrogen-bond acceptors (Lipinski definition) is 5. The Hall–Kier alpha value is -4.05. The molecule has 0 aromatic heterocycles. The van der Waals surface area contributed by atoms with Crippen molar-refractivity contribution < 1.29 is 22.7 Å². The maximum atomic E-state index is 12.8. The second-order valence-electron chi connectivity index (χ2n) is 6.56. The van der Waals surface area contributed by atoms with E-state index in [4.69, 9.17) is 4.74 Å². The molecule has 0 atom stereocenters. The predicted octanol–water partition coefficient (Wildman–Crippen LogP) is 3.26. The van der Waals surface area contributed by atoms with Crippen LogP contribution < -0.4 is 25.4 Å². The van der Waals surface area contributed by atoms with E-state index in [0.29, 0.717) is 11.4 Å². The van der Waals surface area contributed by atoms with Crippen molar-refractivity contribution in [3.05, 3.63) is 78.9 Å². The number of hydrogen-bond donors (Lipinski definition) is 4. The van der Waals surface area contributed by atoms with Crippen molar-refractivity contribution in [1.29, 1.82) is 0 Å². The minimum atomic E-state index is -3.93. The quantitative estimate of drug-likeness (QED) is 0.416. The monoisotopic (exact) mass is 454 g/mol. The molecule has 10 heteroatoms. The molecule has 3 rings (SSSR count). The predicted molar refractivity (Wildman–Crippen MR) is 122 cm³/mol. The summed E-state index contributed by atoms with van der Waals surface area (Å²) < 4.78 is 33.1. The van der Waals surface area contributed by atoms with Gasteiger partial charge in [0.05, 0.1) is 24.2 Å². The van der Waals surface area contributed by atoms with Crippen LogP contribution in [0.5, 0.6) is 5.75 Å². The van der Waals surface area contributed by atoms with Crippen LogP contribution in [0.1, 0.15) is 0 Å². The van der Waals surface area contributed by atoms with Crippen LogP contribution in [0, 0.1) is 0 Å². The summed E-state index contributed by atoms with van der Waals surface area (Å²) in [5, 5.41) is 7.59. The number of ether oxygens (including phenoxy) is 1. The fraction of sp³-hybridized carbons (Fsp3) is 0.0909. The summed E-state index contributed by atoms with van der Waals surface area (Å²) in [6.45, 7) is -0.297. The molecule has 0 fully saturated rings. The van der Waals surface area contributed by atoms with Crippen molar-refractivity contribution in [2.45, 2.75) is 4.90 Å². The van der Waals surface area contributed by atoms with E-state index in [1.54, 1.807) is 54.6 Å². The van der Waals surface area contributed by atoms with E-state index in [1.165, 1.54) is 25.3 Å². The van der Waals surface area contributed by atoms with Crippen molar-refractivity contribution in [2.75, 3.05) is 29.0 Å². The molecule has 0 aliphatic carbocycles. The van der Waals surface area contributed by atoms with Gasteiger partial charge in [-0.25, -0.2) is 13.2 Å². The van der Waals surface area contributed by atoms with Crippen LogP contribution in [-0.4, -0.2) is 34.0 Å². The van der Waals surface area contributed by atoms with Gasteiger partial charge >= 0.3 is 6.03 Å². The van der Waals surface area contributed by atoms with E-state index in [-0.39, 0.29) is 22.8 Å². The van der Waals surface area contributed by atoms with E-state index in [0.717, 1.165) is 0 Å². The number of sulfonamides is 1. The van der Waals surface area contributed by atoms with Gasteiger partial charge in [-0.15, -0.1) is 0 Å². The highest BCUT2D eigenvalue weighted by Gasteiger charge is 2.17. The standard InChI is InChI=1S/C22H22N4O5S/c1-31-20-13-6-5-12-19(20)26-32(29,30)18-11-7-10-17(14-18)24-21(27)15-23-22(28)25-16-8-3-2-4-9-16/h2-14,26H,15H2,1H3,(H,24,27)(H2,23,25,28). The van der Waals surface area contributed by atoms with Gasteiger partial charge in [0.15, 0.2) is 0 Å². The van der Waals surface area contributed by atoms with Gasteiger partial charge < -0.3 is 20.7 Å². The molecule has 3 aromatic rings. The van der Waals surface area contributed by atoms with Crippen LogP contribution in [-0.2, 0) is 14.8 Å². The molecular formula is C22H22N4O5S. The zero-order valence-corrected chi connectivity index (χ0v) is 18.0. The Bertz CT molecular complexity index is 1200. The van der Waals surface area contributed by atoms with Gasteiger partial charge in [0.1, 0.15) is 5.75 Å². The van der Waals surface area contributed by atoms with Crippen LogP contribution in [0.3, 0.4) is 0 Å². The van der Waals surface area contributed by atoms with Crippen LogP contribution in [0.15, 0.2) is 83.8 Å². The van der Waals surface area contributed by atoms with Crippen molar-refractivity contribution in [2.24, 2.45) is 0 Å². The first-order chi connectivity index (χ1) is 15.4. The molecular weight excluding hydrogens is 432 g/mol. The van der Waals surface area contributed by atoms with Gasteiger partial charge in [-0.05, 0) is 42.5 Å². The molecule has 0 unspecified atom stereocenters. The van der Waals surface area contributed by atoms with Gasteiger partial charge in [0.2, 0.25) is 5.91 Å². The SMILES string of the molecule is COc1ccccc1NS(=O)(=O)c1cccc(NC(=O)CNC(=O)Nc2ccccc2)c1. The summed E-state index contributed by atoms with van der Waals surface area (Å²) in [6.07, 6.45) is 0. The maximum absolute atomic E-state index is 12.8. The number of rotatable bonds is 8. The molecule has 0 saturated carbocycles. The summed E-state index contributed by atoms with van der Waals surface area (Å²) in [4.78, 5) is 24.0. The lowest BCUT2D eigenvalue weighted by Gasteiger charge is -2.13. The van der Waals surface area contributed by atoms with E-state index in [1.807, 2.05) is 6.07 Å². The molecule has 0 aliphatic rings. The summed E-state index contributed by atoms with van der Waals surface area (Å²) in [5.41, 5.74) is 1.15. The van der Waals surface area contributed by atoms with Crippen LogP contribution in [0.25, 0.3) is 0 Å². The Morgan fingerprint density at radius 1 is 0.844 bits per heavy atom. The highest BCUT2D eigenvalue weighted by Crippen LogP contribution is 2.26. The van der Waals surface area contributed by atoms with Crippen molar-refractivity contribution in [1.82, 2.24) is 5.32 Å². The first-order valence-corrected chi connectivity index (χ1v) is 11.0. The number of amides is 3. The molecule has 0 radical (unpaired) electrons. The van der Waals surface area contributed by atoms with E-state index in [9.17, 15) is 18.0 Å². The fourth-order valence-electron chi connectivity index (χ4n) is 2.74. The Labute approximate surface area is 185 Å². The first kappa shape index (κ1) is 22.6. The topological polar surface area (TPSA) is 126 Å². The number of para-hydroxylation sites is 3. The van der Waals surface area contributed by atoms with Crippen LogP contribution in [0.2, 0.25) is 0 Å². The summed E-state index contributed by atoms with van der Waals surface area (Å²) in [6, 6.07) is 20.6. The molecule has 0 saturated heterocycles. The van der Waals surface area contributed by atoms with Crippen molar-refractivity contribution in [3.8, 4) is 5.75 Å². The highest BCUT2D eigenvalue weighted by atomic mass is 32.2. The Balaban J connectivity index is 1.60. The lowest BCUT2D eigenvalue weighted by atomic mass is 10.3. The molecule has 0 heterocycles. The van der Waals surface area contributed by atoms with E-state index in [2.05, 4.69) is 20.7 Å². The third-order valence-corrected chi connectivity index (χ3v) is 5.58. The van der Waals surface area contributed by atoms with Gasteiger partial charge in [0.25, 0.3) is 10.0 Å². The number of benzene rings is 3. The summed E-state index contributed by atoms with van der Waals surface area (Å²) in [7, 11) is -2.48. The molecule has 0 aliphatic heterocycles. The minimum absolute atomic E-state index is 0.0454. The maximum Gasteiger partial charge on any atom is 0.319 e. The van der Waals surface area contributed by atoms with Gasteiger partial charge in [-0.1, -0.05) is 36.4 Å². The molecule has 4 N–H and O–H groups in total. The van der Waals surface area contributed by atoms with Gasteiger partial charge in [0, 0.05) is 11.4 Å².